The van der Waals surface area contributed by atoms with E-state index in [1.54, 1.807) is 0 Å². The molecule has 1 aromatic rings. The van der Waals surface area contributed by atoms with E-state index in [1.807, 2.05) is 0 Å². The third-order valence-electron chi connectivity index (χ3n) is 2.76. The second-order valence-electron chi connectivity index (χ2n) is 3.74. The molecule has 15 heavy (non-hydrogen) atoms. The third-order valence-corrected chi connectivity index (χ3v) is 2.76. The van der Waals surface area contributed by atoms with Gasteiger partial charge in [0.05, 0.1) is 5.92 Å². The number of hydrogen-bond donors (Lipinski definition) is 2. The van der Waals surface area contributed by atoms with Crippen molar-refractivity contribution in [2.45, 2.75) is 31.2 Å². The van der Waals surface area contributed by atoms with Crippen molar-refractivity contribution in [2.24, 2.45) is 5.73 Å². The molecule has 1 aliphatic carbocycles. The fourth-order valence-electron chi connectivity index (χ4n) is 1.89. The van der Waals surface area contributed by atoms with Crippen LogP contribution in [0.1, 0.15) is 41.7 Å². The summed E-state index contributed by atoms with van der Waals surface area (Å²) in [7, 11) is 1.53. The molecule has 0 aromatic carbocycles. The highest BCUT2D eigenvalue weighted by Crippen LogP contribution is 2.32. The molecule has 1 amide bonds. The molecule has 1 saturated carbocycles. The first-order valence-electron chi connectivity index (χ1n) is 5.03. The highest BCUT2D eigenvalue weighted by molar-refractivity contribution is 5.89. The number of nitrogens with zero attached hydrogens (tertiary/aromatic N) is 2. The average Bonchev–Trinajstić information content (AvgIpc) is 2.84. The molecule has 1 fully saturated rings. The second kappa shape index (κ2) is 3.98. The van der Waals surface area contributed by atoms with Crippen LogP contribution in [0.25, 0.3) is 0 Å². The van der Waals surface area contributed by atoms with Crippen LogP contribution in [0.4, 0.5) is 0 Å². The van der Waals surface area contributed by atoms with Crippen molar-refractivity contribution < 1.29 is 9.32 Å². The zero-order valence-electron chi connectivity index (χ0n) is 8.56. The van der Waals surface area contributed by atoms with Gasteiger partial charge in [0.15, 0.2) is 0 Å². The Labute approximate surface area is 87.2 Å². The lowest BCUT2D eigenvalue weighted by Crippen LogP contribution is -2.23. The Morgan fingerprint density at radius 3 is 3.00 bits per heavy atom. The molecule has 0 bridgehead atoms. The summed E-state index contributed by atoms with van der Waals surface area (Å²) in [5, 5.41) is 6.05. The van der Waals surface area contributed by atoms with Gasteiger partial charge in [-0.3, -0.25) is 4.79 Å². The summed E-state index contributed by atoms with van der Waals surface area (Å²) >= 11 is 0. The predicted molar refractivity (Wildman–Crippen MR) is 52.3 cm³/mol. The number of rotatable bonds is 2. The van der Waals surface area contributed by atoms with Crippen LogP contribution in [-0.2, 0) is 0 Å². The summed E-state index contributed by atoms with van der Waals surface area (Å²) in [6.07, 6.45) is 3.00. The number of aromatic nitrogens is 2. The van der Waals surface area contributed by atoms with E-state index in [0.717, 1.165) is 19.3 Å². The fraction of sp³-hybridized carbons (Fsp3) is 0.667. The summed E-state index contributed by atoms with van der Waals surface area (Å²) in [5.41, 5.74) is 5.90. The Hall–Kier alpha value is -1.43. The summed E-state index contributed by atoms with van der Waals surface area (Å²) in [6, 6.07) is 0.0722. The molecule has 0 aliphatic heterocycles. The molecule has 1 aliphatic rings. The molecule has 2 unspecified atom stereocenters. The van der Waals surface area contributed by atoms with Crippen molar-refractivity contribution >= 4 is 5.91 Å². The highest BCUT2D eigenvalue weighted by atomic mass is 16.5. The normalized spacial score (nSPS) is 25.5. The number of carbonyl (C=O) groups is 1. The lowest BCUT2D eigenvalue weighted by atomic mass is 10.1. The van der Waals surface area contributed by atoms with Crippen LogP contribution in [0, 0.1) is 0 Å². The van der Waals surface area contributed by atoms with E-state index in [9.17, 15) is 4.79 Å². The minimum Gasteiger partial charge on any atom is -0.352 e. The van der Waals surface area contributed by atoms with Crippen LogP contribution >= 0.6 is 0 Å². The predicted octanol–water partition coefficient (Wildman–Crippen LogP) is 0.0240. The van der Waals surface area contributed by atoms with Gasteiger partial charge in [0.25, 0.3) is 11.7 Å². The average molecular weight is 210 g/mol. The molecule has 1 aromatic heterocycles. The lowest BCUT2D eigenvalue weighted by molar-refractivity contribution is 0.0950. The number of nitrogens with two attached hydrogens (primary N) is 1. The number of amides is 1. The van der Waals surface area contributed by atoms with Gasteiger partial charge in [-0.2, -0.15) is 4.98 Å². The van der Waals surface area contributed by atoms with E-state index in [1.165, 1.54) is 7.05 Å². The van der Waals surface area contributed by atoms with E-state index >= 15 is 0 Å². The Kier molecular flexibility index (Phi) is 2.68. The standard InChI is InChI=1S/C9H14N4O2/c1-11-8(14)7-12-9(15-13-7)5-3-2-4-6(5)10/h5-6H,2-4,10H2,1H3,(H,11,14). The zero-order valence-corrected chi connectivity index (χ0v) is 8.56. The van der Waals surface area contributed by atoms with Crippen LogP contribution in [0.2, 0.25) is 0 Å². The summed E-state index contributed by atoms with van der Waals surface area (Å²) < 4.78 is 5.04. The van der Waals surface area contributed by atoms with Crippen LogP contribution < -0.4 is 11.1 Å². The summed E-state index contributed by atoms with van der Waals surface area (Å²) in [6.45, 7) is 0. The van der Waals surface area contributed by atoms with Gasteiger partial charge < -0.3 is 15.6 Å². The van der Waals surface area contributed by atoms with Crippen LogP contribution in [0.5, 0.6) is 0 Å². The maximum Gasteiger partial charge on any atom is 0.292 e. The van der Waals surface area contributed by atoms with Gasteiger partial charge in [-0.15, -0.1) is 0 Å². The number of carbonyl (C=O) groups excluding carboxylic acids is 1. The van der Waals surface area contributed by atoms with Crippen molar-refractivity contribution in [2.75, 3.05) is 7.05 Å². The van der Waals surface area contributed by atoms with Gasteiger partial charge in [0.1, 0.15) is 0 Å². The van der Waals surface area contributed by atoms with Crippen molar-refractivity contribution in [1.82, 2.24) is 15.5 Å². The van der Waals surface area contributed by atoms with E-state index < -0.39 is 0 Å². The third kappa shape index (κ3) is 1.85. The SMILES string of the molecule is CNC(=O)c1noc(C2CCCC2N)n1. The van der Waals surface area contributed by atoms with E-state index in [4.69, 9.17) is 10.3 Å². The Bertz CT molecular complexity index is 363. The monoisotopic (exact) mass is 210 g/mol. The minimum atomic E-state index is -0.337. The molecule has 2 rings (SSSR count). The quantitative estimate of drug-likeness (QED) is 0.717. The lowest BCUT2D eigenvalue weighted by Gasteiger charge is -2.08. The van der Waals surface area contributed by atoms with Gasteiger partial charge in [-0.05, 0) is 12.8 Å². The molecule has 82 valence electrons. The Morgan fingerprint density at radius 1 is 1.60 bits per heavy atom. The van der Waals surface area contributed by atoms with Crippen molar-refractivity contribution in [3.63, 3.8) is 0 Å². The zero-order chi connectivity index (χ0) is 10.8. The highest BCUT2D eigenvalue weighted by Gasteiger charge is 2.30. The van der Waals surface area contributed by atoms with Crippen LogP contribution in [-0.4, -0.2) is 29.1 Å². The molecule has 0 radical (unpaired) electrons. The minimum absolute atomic E-state index is 0.0722. The molecule has 0 saturated heterocycles. The molecule has 0 spiro atoms. The summed E-state index contributed by atoms with van der Waals surface area (Å²) in [5.74, 6) is 0.331. The summed E-state index contributed by atoms with van der Waals surface area (Å²) in [4.78, 5) is 15.2. The number of hydrogen-bond acceptors (Lipinski definition) is 5. The van der Waals surface area contributed by atoms with Gasteiger partial charge in [-0.1, -0.05) is 11.6 Å². The molecular formula is C9H14N4O2. The molecular weight excluding hydrogens is 196 g/mol. The van der Waals surface area contributed by atoms with E-state index in [-0.39, 0.29) is 23.7 Å². The van der Waals surface area contributed by atoms with Gasteiger partial charge in [0.2, 0.25) is 5.89 Å². The van der Waals surface area contributed by atoms with Crippen LogP contribution in [0.15, 0.2) is 4.52 Å². The number of nitrogens with one attached hydrogen (secondary N) is 1. The molecule has 2 atom stereocenters. The first-order chi connectivity index (χ1) is 7.22. The second-order valence-corrected chi connectivity index (χ2v) is 3.74. The smallest absolute Gasteiger partial charge is 0.292 e. The van der Waals surface area contributed by atoms with Crippen molar-refractivity contribution in [3.05, 3.63) is 11.7 Å². The molecule has 1 heterocycles. The van der Waals surface area contributed by atoms with Gasteiger partial charge >= 0.3 is 0 Å². The van der Waals surface area contributed by atoms with E-state index in [0.29, 0.717) is 5.89 Å². The molecule has 6 nitrogen and oxygen atoms in total. The largest absolute Gasteiger partial charge is 0.352 e. The van der Waals surface area contributed by atoms with E-state index in [2.05, 4.69) is 15.5 Å². The Balaban J connectivity index is 2.16. The first kappa shape index (κ1) is 10.1. The fourth-order valence-corrected chi connectivity index (χ4v) is 1.89. The Morgan fingerprint density at radius 2 is 2.40 bits per heavy atom. The van der Waals surface area contributed by atoms with Crippen LogP contribution in [0.3, 0.4) is 0 Å². The maximum atomic E-state index is 11.2. The topological polar surface area (TPSA) is 94.0 Å². The van der Waals surface area contributed by atoms with Crippen molar-refractivity contribution in [3.8, 4) is 0 Å². The van der Waals surface area contributed by atoms with Gasteiger partial charge in [0, 0.05) is 13.1 Å². The molecule has 6 heteroatoms. The molecule has 3 N–H and O–H groups in total. The maximum absolute atomic E-state index is 11.2. The van der Waals surface area contributed by atoms with Gasteiger partial charge in [-0.25, -0.2) is 0 Å². The first-order valence-corrected chi connectivity index (χ1v) is 5.03. The van der Waals surface area contributed by atoms with Crippen molar-refractivity contribution in [1.29, 1.82) is 0 Å².